The molecule has 0 aliphatic carbocycles. The molecule has 0 bridgehead atoms. The van der Waals surface area contributed by atoms with Crippen LogP contribution in [0.15, 0.2) is 65.7 Å². The highest BCUT2D eigenvalue weighted by atomic mass is 35.5. The number of aryl methyl sites for hydroxylation is 1. The van der Waals surface area contributed by atoms with Crippen molar-refractivity contribution in [3.8, 4) is 22.9 Å². The molecule has 0 spiro atoms. The van der Waals surface area contributed by atoms with E-state index in [4.69, 9.17) is 45.0 Å². The zero-order valence-corrected chi connectivity index (χ0v) is 32.8. The summed E-state index contributed by atoms with van der Waals surface area (Å²) < 4.78 is 35.8. The highest BCUT2D eigenvalue weighted by Crippen LogP contribution is 2.34. The van der Waals surface area contributed by atoms with Crippen LogP contribution in [0.1, 0.15) is 52.5 Å². The summed E-state index contributed by atoms with van der Waals surface area (Å²) in [4.78, 5) is 29.9. The van der Waals surface area contributed by atoms with Gasteiger partial charge in [0, 0.05) is 34.8 Å². The van der Waals surface area contributed by atoms with Crippen molar-refractivity contribution in [2.75, 3.05) is 85.8 Å². The number of hydrogen-bond donors (Lipinski definition) is 4. The number of phenolic OH excluding ortho intramolecular Hbond substituents is 2. The van der Waals surface area contributed by atoms with Gasteiger partial charge in [-0.05, 0) is 62.4 Å². The van der Waals surface area contributed by atoms with Crippen molar-refractivity contribution in [1.82, 2.24) is 25.4 Å². The van der Waals surface area contributed by atoms with Crippen LogP contribution in [-0.4, -0.2) is 128 Å². The minimum absolute atomic E-state index is 0.118. The number of ether oxygens (including phenoxy) is 6. The first-order chi connectivity index (χ1) is 27.7. The topological polar surface area (TPSA) is 197 Å². The molecular formula is C40H49ClN6O10. The minimum Gasteiger partial charge on any atom is -0.504 e. The van der Waals surface area contributed by atoms with Crippen LogP contribution >= 0.6 is 11.6 Å². The molecule has 0 radical (unpaired) electrons. The SMILES string of the molecule is CCNC(=O)C[C@@H]1N=C(c2ccc(Cl)cc2)c2cc(OCCOCCOCCOCCOCCOCCNC(=O)c3ccc(O)c(O)c3)ccc2-n2c(C)nnc21. The van der Waals surface area contributed by atoms with E-state index < -0.39 is 6.04 Å². The second kappa shape index (κ2) is 22.6. The zero-order valence-electron chi connectivity index (χ0n) is 32.1. The van der Waals surface area contributed by atoms with Gasteiger partial charge in [-0.1, -0.05) is 23.7 Å². The first-order valence-electron chi connectivity index (χ1n) is 18.7. The van der Waals surface area contributed by atoms with Crippen molar-refractivity contribution in [2.24, 2.45) is 4.99 Å². The third-order valence-electron chi connectivity index (χ3n) is 8.52. The van der Waals surface area contributed by atoms with Crippen LogP contribution in [0.25, 0.3) is 5.69 Å². The van der Waals surface area contributed by atoms with Gasteiger partial charge >= 0.3 is 0 Å². The van der Waals surface area contributed by atoms with Gasteiger partial charge in [0.2, 0.25) is 5.91 Å². The lowest BCUT2D eigenvalue weighted by molar-refractivity contribution is -0.121. The Labute approximate surface area is 336 Å². The van der Waals surface area contributed by atoms with Gasteiger partial charge in [0.1, 0.15) is 24.2 Å². The van der Waals surface area contributed by atoms with Crippen LogP contribution in [0, 0.1) is 6.92 Å². The average Bonchev–Trinajstić information content (AvgIpc) is 3.53. The summed E-state index contributed by atoms with van der Waals surface area (Å²) in [6.45, 7) is 8.76. The predicted molar refractivity (Wildman–Crippen MR) is 211 cm³/mol. The van der Waals surface area contributed by atoms with Crippen LogP contribution < -0.4 is 15.4 Å². The lowest BCUT2D eigenvalue weighted by atomic mass is 10.00. The normalized spacial score (nSPS) is 13.3. The summed E-state index contributed by atoms with van der Waals surface area (Å²) in [5, 5.41) is 33.7. The van der Waals surface area contributed by atoms with Crippen molar-refractivity contribution in [3.05, 3.63) is 94.0 Å². The van der Waals surface area contributed by atoms with E-state index in [0.717, 1.165) is 16.8 Å². The van der Waals surface area contributed by atoms with Crippen LogP contribution in [0.2, 0.25) is 5.02 Å². The van der Waals surface area contributed by atoms with Gasteiger partial charge in [-0.3, -0.25) is 19.1 Å². The average molecular weight is 809 g/mol. The molecule has 4 N–H and O–H groups in total. The van der Waals surface area contributed by atoms with Gasteiger partial charge in [-0.25, -0.2) is 0 Å². The summed E-state index contributed by atoms with van der Waals surface area (Å²) >= 11 is 6.22. The minimum atomic E-state index is -0.563. The Morgan fingerprint density at radius 3 is 2.02 bits per heavy atom. The molecule has 1 aliphatic heterocycles. The number of carbonyl (C=O) groups is 2. The van der Waals surface area contributed by atoms with E-state index >= 15 is 0 Å². The highest BCUT2D eigenvalue weighted by molar-refractivity contribution is 6.30. The molecule has 1 aliphatic rings. The number of hydrogen-bond acceptors (Lipinski definition) is 13. The fraction of sp³-hybridized carbons (Fsp3) is 0.425. The maximum atomic E-state index is 12.7. The number of fused-ring (bicyclic) bond motifs is 3. The van der Waals surface area contributed by atoms with Gasteiger partial charge in [0.25, 0.3) is 5.91 Å². The number of aliphatic imine (C=N–C) groups is 1. The first kappa shape index (κ1) is 43.0. The molecule has 306 valence electrons. The van der Waals surface area contributed by atoms with E-state index in [2.05, 4.69) is 20.8 Å². The molecule has 16 nitrogen and oxygen atoms in total. The molecule has 1 aromatic heterocycles. The summed E-state index contributed by atoms with van der Waals surface area (Å²) in [5.74, 6) is 0.759. The molecule has 17 heteroatoms. The molecule has 0 saturated heterocycles. The molecule has 57 heavy (non-hydrogen) atoms. The van der Waals surface area contributed by atoms with Crippen molar-refractivity contribution in [1.29, 1.82) is 0 Å². The molecule has 0 saturated carbocycles. The van der Waals surface area contributed by atoms with Crippen LogP contribution in [0.3, 0.4) is 0 Å². The molecule has 1 atom stereocenters. The number of aromatic hydroxyl groups is 2. The number of aromatic nitrogens is 3. The number of nitrogens with one attached hydrogen (secondary N) is 2. The third kappa shape index (κ3) is 13.0. The smallest absolute Gasteiger partial charge is 0.251 e. The number of nitrogens with zero attached hydrogens (tertiary/aromatic N) is 4. The molecule has 0 unspecified atom stereocenters. The maximum absolute atomic E-state index is 12.7. The molecule has 2 heterocycles. The fourth-order valence-electron chi connectivity index (χ4n) is 5.79. The third-order valence-corrected chi connectivity index (χ3v) is 8.77. The largest absolute Gasteiger partial charge is 0.504 e. The Balaban J connectivity index is 0.948. The van der Waals surface area contributed by atoms with Gasteiger partial charge in [0.15, 0.2) is 17.3 Å². The number of carbonyl (C=O) groups excluding carboxylic acids is 2. The molecule has 0 fully saturated rings. The van der Waals surface area contributed by atoms with Gasteiger partial charge in [-0.2, -0.15) is 0 Å². The Kier molecular flexibility index (Phi) is 17.1. The zero-order chi connectivity index (χ0) is 40.4. The lowest BCUT2D eigenvalue weighted by Crippen LogP contribution is -2.27. The van der Waals surface area contributed by atoms with Crippen molar-refractivity contribution in [3.63, 3.8) is 0 Å². The Morgan fingerprint density at radius 2 is 1.39 bits per heavy atom. The van der Waals surface area contributed by atoms with Gasteiger partial charge in [-0.15, -0.1) is 10.2 Å². The van der Waals surface area contributed by atoms with E-state index in [-0.39, 0.29) is 41.8 Å². The standard InChI is InChI=1S/C40H49ClN6O10/c1-3-42-37(50)26-33-39-46-45-27(2)47(39)34-10-9-31(25-32(34)38(44-33)28-4-7-30(41)8-5-28)57-23-22-56-21-20-55-19-18-54-17-16-53-15-14-52-13-12-43-40(51)29-6-11-35(48)36(49)24-29/h4-11,24-25,33,48-49H,3,12-23,26H2,1-2H3,(H,42,50)(H,43,51)/t33-/m0/s1. The number of halogens is 1. The van der Waals surface area contributed by atoms with Crippen molar-refractivity contribution in [2.45, 2.75) is 26.3 Å². The lowest BCUT2D eigenvalue weighted by Gasteiger charge is -2.15. The van der Waals surface area contributed by atoms with E-state index in [9.17, 15) is 19.8 Å². The maximum Gasteiger partial charge on any atom is 0.251 e. The molecule has 2 amide bonds. The van der Waals surface area contributed by atoms with Crippen LogP contribution in [0.5, 0.6) is 17.2 Å². The number of amides is 2. The second-order valence-electron chi connectivity index (χ2n) is 12.6. The van der Waals surface area contributed by atoms with Crippen LogP contribution in [-0.2, 0) is 28.5 Å². The summed E-state index contributed by atoms with van der Waals surface area (Å²) in [5.41, 5.74) is 3.41. The van der Waals surface area contributed by atoms with Gasteiger partial charge in [0.05, 0.1) is 83.9 Å². The molecule has 4 aromatic rings. The summed E-state index contributed by atoms with van der Waals surface area (Å²) in [6.07, 6.45) is 0.118. The predicted octanol–water partition coefficient (Wildman–Crippen LogP) is 3.95. The number of rotatable bonds is 24. The Morgan fingerprint density at radius 1 is 0.754 bits per heavy atom. The quantitative estimate of drug-likeness (QED) is 0.0589. The summed E-state index contributed by atoms with van der Waals surface area (Å²) in [6, 6.07) is 16.5. The van der Waals surface area contributed by atoms with Crippen LogP contribution in [0.4, 0.5) is 0 Å². The van der Waals surface area contributed by atoms with Crippen molar-refractivity contribution < 1.29 is 48.2 Å². The van der Waals surface area contributed by atoms with E-state index in [1.54, 1.807) is 0 Å². The molecule has 3 aromatic carbocycles. The first-order valence-corrected chi connectivity index (χ1v) is 19.1. The summed E-state index contributed by atoms with van der Waals surface area (Å²) in [7, 11) is 0. The van der Waals surface area contributed by atoms with E-state index in [0.29, 0.717) is 107 Å². The highest BCUT2D eigenvalue weighted by Gasteiger charge is 2.30. The van der Waals surface area contributed by atoms with E-state index in [1.807, 2.05) is 60.9 Å². The fourth-order valence-corrected chi connectivity index (χ4v) is 5.91. The second-order valence-corrected chi connectivity index (χ2v) is 13.1. The Hall–Kier alpha value is -5.10. The Bertz CT molecular complexity index is 1940. The molecule has 5 rings (SSSR count). The van der Waals surface area contributed by atoms with Gasteiger partial charge < -0.3 is 49.3 Å². The monoisotopic (exact) mass is 808 g/mol. The molecular weight excluding hydrogens is 760 g/mol. The number of benzene rings is 3. The number of phenols is 2. The van der Waals surface area contributed by atoms with E-state index in [1.165, 1.54) is 18.2 Å². The van der Waals surface area contributed by atoms with Crippen molar-refractivity contribution >= 4 is 29.1 Å².